The molecule has 1 aromatic rings. The lowest BCUT2D eigenvalue weighted by molar-refractivity contribution is 0.126. The number of hydrogen-bond donors (Lipinski definition) is 1. The highest BCUT2D eigenvalue weighted by atomic mass is 79.9. The summed E-state index contributed by atoms with van der Waals surface area (Å²) in [7, 11) is 2.08. The second-order valence-electron chi connectivity index (χ2n) is 5.50. The van der Waals surface area contributed by atoms with Crippen LogP contribution in [-0.2, 0) is 6.54 Å². The van der Waals surface area contributed by atoms with Crippen LogP contribution in [-0.4, -0.2) is 24.5 Å². The fourth-order valence-electron chi connectivity index (χ4n) is 3.08. The van der Waals surface area contributed by atoms with Crippen molar-refractivity contribution in [2.75, 3.05) is 13.6 Å². The summed E-state index contributed by atoms with van der Waals surface area (Å²) in [6.45, 7) is 1.39. The Morgan fingerprint density at radius 1 is 1.37 bits per heavy atom. The van der Waals surface area contributed by atoms with E-state index in [1.165, 1.54) is 31.7 Å². The maximum Gasteiger partial charge on any atom is 0.128 e. The van der Waals surface area contributed by atoms with Gasteiger partial charge in [-0.25, -0.2) is 4.39 Å². The minimum absolute atomic E-state index is 0.138. The summed E-state index contributed by atoms with van der Waals surface area (Å²) in [6, 6.07) is 5.77. The number of nitrogens with zero attached hydrogens (tertiary/aromatic N) is 1. The van der Waals surface area contributed by atoms with Gasteiger partial charge in [-0.2, -0.15) is 0 Å². The number of hydrogen-bond acceptors (Lipinski definition) is 2. The first-order chi connectivity index (χ1) is 9.11. The molecule has 4 heteroatoms. The van der Waals surface area contributed by atoms with Crippen molar-refractivity contribution in [3.8, 4) is 0 Å². The van der Waals surface area contributed by atoms with Crippen LogP contribution < -0.4 is 5.73 Å². The van der Waals surface area contributed by atoms with E-state index in [0.29, 0.717) is 18.5 Å². The molecule has 1 aliphatic carbocycles. The monoisotopic (exact) mass is 328 g/mol. The third-order valence-corrected chi connectivity index (χ3v) is 4.67. The number of benzene rings is 1. The Morgan fingerprint density at radius 2 is 2.11 bits per heavy atom. The van der Waals surface area contributed by atoms with Gasteiger partial charge >= 0.3 is 0 Å². The zero-order valence-electron chi connectivity index (χ0n) is 11.4. The average Bonchev–Trinajstić information content (AvgIpc) is 2.41. The molecule has 2 rings (SSSR count). The summed E-state index contributed by atoms with van der Waals surface area (Å²) in [4.78, 5) is 2.27. The van der Waals surface area contributed by atoms with Crippen LogP contribution in [0.5, 0.6) is 0 Å². The van der Waals surface area contributed by atoms with Crippen LogP contribution in [0.25, 0.3) is 0 Å². The zero-order valence-corrected chi connectivity index (χ0v) is 13.0. The van der Waals surface area contributed by atoms with E-state index in [1.54, 1.807) is 0 Å². The standard InChI is InChI=1S/C15H22BrFN2/c1-19(15-5-3-2-4-11(15)9-18)10-12-6-7-13(16)8-14(12)17/h6-8,11,15H,2-5,9-10,18H2,1H3. The summed E-state index contributed by atoms with van der Waals surface area (Å²) in [6.07, 6.45) is 4.91. The number of halogens is 2. The van der Waals surface area contributed by atoms with Gasteiger partial charge in [-0.3, -0.25) is 4.90 Å². The smallest absolute Gasteiger partial charge is 0.128 e. The predicted molar refractivity (Wildman–Crippen MR) is 80.4 cm³/mol. The molecule has 2 N–H and O–H groups in total. The van der Waals surface area contributed by atoms with Crippen molar-refractivity contribution in [3.63, 3.8) is 0 Å². The fourth-order valence-corrected chi connectivity index (χ4v) is 3.41. The van der Waals surface area contributed by atoms with Gasteiger partial charge in [0.05, 0.1) is 0 Å². The average molecular weight is 329 g/mol. The van der Waals surface area contributed by atoms with E-state index in [4.69, 9.17) is 5.73 Å². The lowest BCUT2D eigenvalue weighted by atomic mass is 9.83. The van der Waals surface area contributed by atoms with Gasteiger partial charge in [0.2, 0.25) is 0 Å². The van der Waals surface area contributed by atoms with E-state index in [-0.39, 0.29) is 5.82 Å². The molecule has 0 saturated heterocycles. The van der Waals surface area contributed by atoms with Crippen LogP contribution in [0.15, 0.2) is 22.7 Å². The van der Waals surface area contributed by atoms with Crippen LogP contribution in [0.3, 0.4) is 0 Å². The van der Waals surface area contributed by atoms with Gasteiger partial charge in [0, 0.05) is 22.6 Å². The van der Waals surface area contributed by atoms with E-state index in [0.717, 1.165) is 16.6 Å². The number of nitrogens with two attached hydrogens (primary N) is 1. The van der Waals surface area contributed by atoms with Gasteiger partial charge in [0.1, 0.15) is 5.82 Å². The Bertz CT molecular complexity index is 425. The van der Waals surface area contributed by atoms with Crippen LogP contribution in [0, 0.1) is 11.7 Å². The molecule has 0 heterocycles. The molecule has 2 atom stereocenters. The number of rotatable bonds is 4. The van der Waals surface area contributed by atoms with E-state index in [1.807, 2.05) is 12.1 Å². The van der Waals surface area contributed by atoms with E-state index in [2.05, 4.69) is 27.9 Å². The molecular formula is C15H22BrFN2. The second-order valence-corrected chi connectivity index (χ2v) is 6.41. The maximum atomic E-state index is 13.9. The lowest BCUT2D eigenvalue weighted by Gasteiger charge is -2.37. The summed E-state index contributed by atoms with van der Waals surface area (Å²) in [5, 5.41) is 0. The zero-order chi connectivity index (χ0) is 13.8. The molecule has 0 radical (unpaired) electrons. The van der Waals surface area contributed by atoms with E-state index in [9.17, 15) is 4.39 Å². The molecule has 0 aromatic heterocycles. The van der Waals surface area contributed by atoms with Gasteiger partial charge in [-0.1, -0.05) is 34.8 Å². The molecule has 1 aromatic carbocycles. The van der Waals surface area contributed by atoms with Crippen molar-refractivity contribution in [1.29, 1.82) is 0 Å². The highest BCUT2D eigenvalue weighted by Crippen LogP contribution is 2.28. The predicted octanol–water partition coefficient (Wildman–Crippen LogP) is 3.54. The Labute approximate surface area is 123 Å². The molecule has 0 aliphatic heterocycles. The van der Waals surface area contributed by atoms with Gasteiger partial charge in [0.25, 0.3) is 0 Å². The molecule has 2 unspecified atom stereocenters. The van der Waals surface area contributed by atoms with Crippen LogP contribution in [0.2, 0.25) is 0 Å². The molecule has 0 spiro atoms. The summed E-state index contributed by atoms with van der Waals surface area (Å²) < 4.78 is 14.7. The fraction of sp³-hybridized carbons (Fsp3) is 0.600. The second kappa shape index (κ2) is 6.82. The van der Waals surface area contributed by atoms with Crippen molar-refractivity contribution in [3.05, 3.63) is 34.1 Å². The third-order valence-electron chi connectivity index (χ3n) is 4.17. The van der Waals surface area contributed by atoms with Crippen LogP contribution >= 0.6 is 15.9 Å². The Balaban J connectivity index is 2.04. The summed E-state index contributed by atoms with van der Waals surface area (Å²) in [5.74, 6) is 0.415. The Kier molecular flexibility index (Phi) is 5.37. The van der Waals surface area contributed by atoms with Crippen molar-refractivity contribution in [2.45, 2.75) is 38.3 Å². The van der Waals surface area contributed by atoms with Crippen LogP contribution in [0.1, 0.15) is 31.2 Å². The SMILES string of the molecule is CN(Cc1ccc(Br)cc1F)C1CCCCC1CN. The molecule has 1 saturated carbocycles. The summed E-state index contributed by atoms with van der Waals surface area (Å²) >= 11 is 3.29. The molecule has 19 heavy (non-hydrogen) atoms. The Morgan fingerprint density at radius 3 is 2.79 bits per heavy atom. The van der Waals surface area contributed by atoms with Gasteiger partial charge < -0.3 is 5.73 Å². The quantitative estimate of drug-likeness (QED) is 0.915. The van der Waals surface area contributed by atoms with E-state index >= 15 is 0 Å². The van der Waals surface area contributed by atoms with Gasteiger partial charge in [-0.05, 0) is 44.5 Å². The molecule has 0 amide bonds. The first kappa shape index (κ1) is 14.9. The van der Waals surface area contributed by atoms with Crippen molar-refractivity contribution in [2.24, 2.45) is 11.7 Å². The van der Waals surface area contributed by atoms with Crippen LogP contribution in [0.4, 0.5) is 4.39 Å². The van der Waals surface area contributed by atoms with Crippen molar-refractivity contribution < 1.29 is 4.39 Å². The summed E-state index contributed by atoms with van der Waals surface area (Å²) in [5.41, 5.74) is 6.62. The van der Waals surface area contributed by atoms with Crippen molar-refractivity contribution in [1.82, 2.24) is 4.90 Å². The normalized spacial score (nSPS) is 23.8. The first-order valence-corrected chi connectivity index (χ1v) is 7.75. The lowest BCUT2D eigenvalue weighted by Crippen LogP contribution is -2.42. The molecule has 1 aliphatic rings. The first-order valence-electron chi connectivity index (χ1n) is 6.96. The topological polar surface area (TPSA) is 29.3 Å². The third kappa shape index (κ3) is 3.77. The maximum absolute atomic E-state index is 13.9. The van der Waals surface area contributed by atoms with Gasteiger partial charge in [0.15, 0.2) is 0 Å². The highest BCUT2D eigenvalue weighted by Gasteiger charge is 2.27. The molecule has 106 valence electrons. The van der Waals surface area contributed by atoms with E-state index < -0.39 is 0 Å². The highest BCUT2D eigenvalue weighted by molar-refractivity contribution is 9.10. The Hall–Kier alpha value is -0.450. The largest absolute Gasteiger partial charge is 0.330 e. The molecular weight excluding hydrogens is 307 g/mol. The molecule has 0 bridgehead atoms. The minimum Gasteiger partial charge on any atom is -0.330 e. The van der Waals surface area contributed by atoms with Gasteiger partial charge in [-0.15, -0.1) is 0 Å². The molecule has 2 nitrogen and oxygen atoms in total. The molecule has 1 fully saturated rings. The van der Waals surface area contributed by atoms with Crippen molar-refractivity contribution >= 4 is 15.9 Å². The minimum atomic E-state index is -0.138.